The highest BCUT2D eigenvalue weighted by atomic mass is 35.5. The molecular formula is C20H15ClN2OS. The van der Waals surface area contributed by atoms with Crippen LogP contribution in [0.5, 0.6) is 5.75 Å². The van der Waals surface area contributed by atoms with E-state index < -0.39 is 0 Å². The van der Waals surface area contributed by atoms with Crippen LogP contribution in [0.1, 0.15) is 21.8 Å². The second-order valence-corrected chi connectivity index (χ2v) is 6.75. The molecule has 0 fully saturated rings. The molecule has 3 rings (SSSR count). The Morgan fingerprint density at radius 1 is 1.28 bits per heavy atom. The first-order valence-corrected chi connectivity index (χ1v) is 8.91. The van der Waals surface area contributed by atoms with Gasteiger partial charge in [0.05, 0.1) is 5.57 Å². The van der Waals surface area contributed by atoms with Crippen molar-refractivity contribution in [3.8, 4) is 11.8 Å². The first kappa shape index (κ1) is 17.2. The molecule has 0 radical (unpaired) electrons. The number of allylic oxidation sites excluding steroid dienone is 1. The van der Waals surface area contributed by atoms with Gasteiger partial charge in [-0.25, -0.2) is 4.98 Å². The lowest BCUT2D eigenvalue weighted by Crippen LogP contribution is -1.95. The smallest absolute Gasteiger partial charge is 0.134 e. The van der Waals surface area contributed by atoms with Crippen LogP contribution in [0.4, 0.5) is 0 Å². The summed E-state index contributed by atoms with van der Waals surface area (Å²) < 4.78 is 5.83. The molecule has 0 aliphatic heterocycles. The zero-order valence-corrected chi connectivity index (χ0v) is 15.1. The molecule has 124 valence electrons. The van der Waals surface area contributed by atoms with Gasteiger partial charge in [-0.05, 0) is 48.4 Å². The Bertz CT molecular complexity index is 939. The topological polar surface area (TPSA) is 45.9 Å². The van der Waals surface area contributed by atoms with E-state index in [1.54, 1.807) is 0 Å². The lowest BCUT2D eigenvalue weighted by atomic mass is 10.1. The van der Waals surface area contributed by atoms with Crippen LogP contribution < -0.4 is 4.74 Å². The van der Waals surface area contributed by atoms with Crippen LogP contribution >= 0.6 is 22.9 Å². The molecule has 1 heterocycles. The minimum absolute atomic E-state index is 0.459. The number of benzene rings is 2. The molecule has 0 aliphatic carbocycles. The summed E-state index contributed by atoms with van der Waals surface area (Å²) in [4.78, 5) is 4.37. The minimum Gasteiger partial charge on any atom is -0.489 e. The summed E-state index contributed by atoms with van der Waals surface area (Å²) in [7, 11) is 0. The zero-order chi connectivity index (χ0) is 17.6. The Balaban J connectivity index is 1.75. The molecule has 3 nitrogen and oxygen atoms in total. The van der Waals surface area contributed by atoms with Crippen molar-refractivity contribution >= 4 is 34.6 Å². The van der Waals surface area contributed by atoms with Gasteiger partial charge in [0.25, 0.3) is 0 Å². The molecule has 5 heteroatoms. The van der Waals surface area contributed by atoms with Gasteiger partial charge >= 0.3 is 0 Å². The van der Waals surface area contributed by atoms with E-state index in [0.29, 0.717) is 17.2 Å². The van der Waals surface area contributed by atoms with Gasteiger partial charge in [0.15, 0.2) is 0 Å². The lowest BCUT2D eigenvalue weighted by Gasteiger charge is -2.07. The van der Waals surface area contributed by atoms with E-state index in [4.69, 9.17) is 16.3 Å². The van der Waals surface area contributed by atoms with Crippen LogP contribution in [0.2, 0.25) is 5.02 Å². The van der Waals surface area contributed by atoms with Crippen molar-refractivity contribution in [2.45, 2.75) is 13.5 Å². The van der Waals surface area contributed by atoms with Gasteiger partial charge in [-0.3, -0.25) is 0 Å². The lowest BCUT2D eigenvalue weighted by molar-refractivity contribution is 0.306. The molecule has 0 amide bonds. The Hall–Kier alpha value is -2.61. The minimum atomic E-state index is 0.459. The zero-order valence-electron chi connectivity index (χ0n) is 13.6. The highest BCUT2D eigenvalue weighted by Gasteiger charge is 2.06. The van der Waals surface area contributed by atoms with Gasteiger partial charge in [-0.15, -0.1) is 11.3 Å². The van der Waals surface area contributed by atoms with Crippen molar-refractivity contribution in [1.82, 2.24) is 4.98 Å². The number of nitrogens with zero attached hydrogens (tertiary/aromatic N) is 2. The quantitative estimate of drug-likeness (QED) is 0.540. The van der Waals surface area contributed by atoms with E-state index in [0.717, 1.165) is 27.6 Å². The third-order valence-corrected chi connectivity index (χ3v) is 4.70. The molecular weight excluding hydrogens is 352 g/mol. The molecule has 0 saturated heterocycles. The Labute approximate surface area is 155 Å². The monoisotopic (exact) mass is 366 g/mol. The van der Waals surface area contributed by atoms with Crippen LogP contribution in [0.3, 0.4) is 0 Å². The van der Waals surface area contributed by atoms with Crippen LogP contribution in [-0.2, 0) is 6.61 Å². The average molecular weight is 367 g/mol. The fraction of sp³-hybridized carbons (Fsp3) is 0.100. The Morgan fingerprint density at radius 2 is 2.08 bits per heavy atom. The molecule has 0 bridgehead atoms. The highest BCUT2D eigenvalue weighted by Crippen LogP contribution is 2.23. The highest BCUT2D eigenvalue weighted by molar-refractivity contribution is 7.11. The molecule has 0 N–H and O–H groups in total. The van der Waals surface area contributed by atoms with Crippen molar-refractivity contribution in [2.75, 3.05) is 0 Å². The van der Waals surface area contributed by atoms with E-state index in [1.807, 2.05) is 66.9 Å². The number of aromatic nitrogens is 1. The maximum atomic E-state index is 9.40. The van der Waals surface area contributed by atoms with E-state index in [-0.39, 0.29) is 0 Å². The Kier molecular flexibility index (Phi) is 5.49. The summed E-state index contributed by atoms with van der Waals surface area (Å²) >= 11 is 7.36. The number of thiazole rings is 1. The van der Waals surface area contributed by atoms with Crippen LogP contribution in [0.25, 0.3) is 11.6 Å². The van der Waals surface area contributed by atoms with E-state index >= 15 is 0 Å². The molecule has 0 spiro atoms. The summed E-state index contributed by atoms with van der Waals surface area (Å²) in [6.07, 6.45) is 1.83. The number of nitriles is 1. The first-order valence-electron chi connectivity index (χ1n) is 7.65. The largest absolute Gasteiger partial charge is 0.489 e. The summed E-state index contributed by atoms with van der Waals surface area (Å²) in [6.45, 7) is 2.38. The van der Waals surface area contributed by atoms with Crippen molar-refractivity contribution in [2.24, 2.45) is 0 Å². The molecule has 0 atom stereocenters. The van der Waals surface area contributed by atoms with E-state index in [9.17, 15) is 5.26 Å². The normalized spacial score (nSPS) is 11.2. The van der Waals surface area contributed by atoms with Gasteiger partial charge in [-0.2, -0.15) is 5.26 Å². The van der Waals surface area contributed by atoms with Crippen LogP contribution in [0.15, 0.2) is 53.9 Å². The summed E-state index contributed by atoms with van der Waals surface area (Å²) in [5, 5.41) is 12.8. The van der Waals surface area contributed by atoms with Gasteiger partial charge in [0, 0.05) is 16.1 Å². The van der Waals surface area contributed by atoms with Crippen molar-refractivity contribution in [3.05, 3.63) is 80.8 Å². The summed E-state index contributed by atoms with van der Waals surface area (Å²) in [5.74, 6) is 0.747. The third-order valence-electron chi connectivity index (χ3n) is 3.46. The maximum absolute atomic E-state index is 9.40. The molecule has 0 unspecified atom stereocenters. The third kappa shape index (κ3) is 4.69. The van der Waals surface area contributed by atoms with E-state index in [1.165, 1.54) is 11.3 Å². The molecule has 25 heavy (non-hydrogen) atoms. The predicted octanol–water partition coefficient (Wildman–Crippen LogP) is 5.75. The van der Waals surface area contributed by atoms with Crippen molar-refractivity contribution < 1.29 is 4.74 Å². The average Bonchev–Trinajstić information content (AvgIpc) is 3.06. The second-order valence-electron chi connectivity index (χ2n) is 5.45. The number of aryl methyl sites for hydroxylation is 1. The summed E-state index contributed by atoms with van der Waals surface area (Å²) in [6, 6.07) is 17.4. The van der Waals surface area contributed by atoms with Gasteiger partial charge in [-0.1, -0.05) is 35.9 Å². The number of rotatable bonds is 5. The second kappa shape index (κ2) is 7.98. The van der Waals surface area contributed by atoms with E-state index in [2.05, 4.69) is 11.1 Å². The molecule has 0 aliphatic rings. The summed E-state index contributed by atoms with van der Waals surface area (Å²) in [5.41, 5.74) is 3.41. The predicted molar refractivity (Wildman–Crippen MR) is 103 cm³/mol. The van der Waals surface area contributed by atoms with Crippen LogP contribution in [0, 0.1) is 18.3 Å². The van der Waals surface area contributed by atoms with Crippen molar-refractivity contribution in [1.29, 1.82) is 5.26 Å². The number of ether oxygens (including phenoxy) is 1. The van der Waals surface area contributed by atoms with Gasteiger partial charge < -0.3 is 4.74 Å². The van der Waals surface area contributed by atoms with Crippen LogP contribution in [-0.4, -0.2) is 4.98 Å². The van der Waals surface area contributed by atoms with Gasteiger partial charge in [0.2, 0.25) is 0 Å². The molecule has 2 aromatic carbocycles. The van der Waals surface area contributed by atoms with Crippen molar-refractivity contribution in [3.63, 3.8) is 0 Å². The fourth-order valence-electron chi connectivity index (χ4n) is 2.23. The Morgan fingerprint density at radius 3 is 2.76 bits per heavy atom. The molecule has 1 aromatic heterocycles. The number of hydrogen-bond donors (Lipinski definition) is 0. The maximum Gasteiger partial charge on any atom is 0.134 e. The molecule has 3 aromatic rings. The number of halogens is 1. The van der Waals surface area contributed by atoms with Gasteiger partial charge in [0.1, 0.15) is 23.4 Å². The molecule has 0 saturated carbocycles. The SMILES string of the molecule is Cc1csc(/C(C#N)=C\c2cccc(OCc3ccc(Cl)cc3)c2)n1. The standard InChI is InChI=1S/C20H15ClN2OS/c1-14-13-25-20(23-14)17(11-22)9-16-3-2-4-19(10-16)24-12-15-5-7-18(21)8-6-15/h2-10,13H,12H2,1H3/b17-9-. The number of hydrogen-bond acceptors (Lipinski definition) is 4. The first-order chi connectivity index (χ1) is 12.1. The fourth-order valence-corrected chi connectivity index (χ4v) is 3.12.